The predicted octanol–water partition coefficient (Wildman–Crippen LogP) is 3.00. The number of carbonyl (C=O) groups is 2. The molecule has 0 spiro atoms. The minimum Gasteiger partial charge on any atom is -0.465 e. The lowest BCUT2D eigenvalue weighted by Crippen LogP contribution is -2.27. The third-order valence-corrected chi connectivity index (χ3v) is 3.99. The standard InChI is InChI=1S/C17H17NO3S/c1-21-17(20)15-10-6-5-9-14(15)16(19)18-11-12-22-13-7-3-2-4-8-13/h2-10H,11-12H2,1H3,(H,18,19). The summed E-state index contributed by atoms with van der Waals surface area (Å²) >= 11 is 1.67. The van der Waals surface area contributed by atoms with Crippen molar-refractivity contribution in [2.24, 2.45) is 0 Å². The Balaban J connectivity index is 1.89. The number of hydrogen-bond acceptors (Lipinski definition) is 4. The monoisotopic (exact) mass is 315 g/mol. The first kappa shape index (κ1) is 16.1. The van der Waals surface area contributed by atoms with Gasteiger partial charge in [-0.05, 0) is 24.3 Å². The van der Waals surface area contributed by atoms with Gasteiger partial charge in [-0.2, -0.15) is 0 Å². The van der Waals surface area contributed by atoms with E-state index >= 15 is 0 Å². The van der Waals surface area contributed by atoms with E-state index in [9.17, 15) is 9.59 Å². The van der Waals surface area contributed by atoms with Gasteiger partial charge >= 0.3 is 5.97 Å². The Labute approximate surface area is 133 Å². The van der Waals surface area contributed by atoms with Crippen LogP contribution in [0, 0.1) is 0 Å². The molecule has 0 aliphatic rings. The van der Waals surface area contributed by atoms with Crippen LogP contribution < -0.4 is 5.32 Å². The molecule has 0 saturated heterocycles. The lowest BCUT2D eigenvalue weighted by Gasteiger charge is -2.08. The predicted molar refractivity (Wildman–Crippen MR) is 87.3 cm³/mol. The summed E-state index contributed by atoms with van der Waals surface area (Å²) in [5.74, 6) is -0.0186. The molecule has 0 aromatic heterocycles. The number of rotatable bonds is 6. The Morgan fingerprint density at radius 3 is 2.32 bits per heavy atom. The molecule has 0 unspecified atom stereocenters. The summed E-state index contributed by atoms with van der Waals surface area (Å²) in [6.45, 7) is 0.522. The summed E-state index contributed by atoms with van der Waals surface area (Å²) in [5.41, 5.74) is 0.609. The minimum absolute atomic E-state index is 0.269. The summed E-state index contributed by atoms with van der Waals surface area (Å²) < 4.78 is 4.69. The second-order valence-electron chi connectivity index (χ2n) is 4.45. The molecule has 0 heterocycles. The van der Waals surface area contributed by atoms with E-state index in [1.165, 1.54) is 7.11 Å². The van der Waals surface area contributed by atoms with E-state index in [-0.39, 0.29) is 11.5 Å². The Kier molecular flexibility index (Phi) is 6.03. The van der Waals surface area contributed by atoms with Crippen LogP contribution in [0.5, 0.6) is 0 Å². The van der Waals surface area contributed by atoms with Gasteiger partial charge in [0.15, 0.2) is 0 Å². The molecule has 2 rings (SSSR count). The number of ether oxygens (including phenoxy) is 1. The van der Waals surface area contributed by atoms with Crippen LogP contribution in [0.3, 0.4) is 0 Å². The second kappa shape index (κ2) is 8.24. The maximum Gasteiger partial charge on any atom is 0.338 e. The third kappa shape index (κ3) is 4.36. The van der Waals surface area contributed by atoms with Gasteiger partial charge in [-0.3, -0.25) is 4.79 Å². The van der Waals surface area contributed by atoms with E-state index < -0.39 is 5.97 Å². The molecule has 0 radical (unpaired) electrons. The zero-order valence-electron chi connectivity index (χ0n) is 12.2. The molecule has 0 saturated carbocycles. The van der Waals surface area contributed by atoms with Crippen molar-refractivity contribution in [2.45, 2.75) is 4.90 Å². The maximum absolute atomic E-state index is 12.2. The average Bonchev–Trinajstić information content (AvgIpc) is 2.58. The number of benzene rings is 2. The molecule has 2 aromatic rings. The van der Waals surface area contributed by atoms with Crippen molar-refractivity contribution < 1.29 is 14.3 Å². The maximum atomic E-state index is 12.2. The number of nitrogens with one attached hydrogen (secondary N) is 1. The normalized spacial score (nSPS) is 10.0. The van der Waals surface area contributed by atoms with E-state index in [0.29, 0.717) is 12.1 Å². The van der Waals surface area contributed by atoms with Crippen LogP contribution in [0.1, 0.15) is 20.7 Å². The second-order valence-corrected chi connectivity index (χ2v) is 5.62. The molecule has 1 amide bonds. The minimum atomic E-state index is -0.510. The van der Waals surface area contributed by atoms with E-state index in [2.05, 4.69) is 10.1 Å². The van der Waals surface area contributed by atoms with Crippen LogP contribution in [0.4, 0.5) is 0 Å². The summed E-state index contributed by atoms with van der Waals surface area (Å²) in [5, 5.41) is 2.82. The molecule has 5 heteroatoms. The highest BCUT2D eigenvalue weighted by atomic mass is 32.2. The molecule has 0 aliphatic carbocycles. The SMILES string of the molecule is COC(=O)c1ccccc1C(=O)NCCSc1ccccc1. The van der Waals surface area contributed by atoms with Gasteiger partial charge in [-0.15, -0.1) is 11.8 Å². The van der Waals surface area contributed by atoms with Crippen LogP contribution in [-0.2, 0) is 4.74 Å². The Hall–Kier alpha value is -2.27. The van der Waals surface area contributed by atoms with Crippen molar-refractivity contribution >= 4 is 23.6 Å². The lowest BCUT2D eigenvalue weighted by atomic mass is 10.1. The van der Waals surface area contributed by atoms with Gasteiger partial charge in [0.25, 0.3) is 5.91 Å². The molecule has 0 fully saturated rings. The number of methoxy groups -OCH3 is 1. The molecular formula is C17H17NO3S. The molecule has 2 aromatic carbocycles. The molecular weight excluding hydrogens is 298 g/mol. The highest BCUT2D eigenvalue weighted by Gasteiger charge is 2.16. The molecule has 1 N–H and O–H groups in total. The quantitative estimate of drug-likeness (QED) is 0.506. The molecule has 4 nitrogen and oxygen atoms in total. The van der Waals surface area contributed by atoms with Gasteiger partial charge in [0.2, 0.25) is 0 Å². The number of carbonyl (C=O) groups excluding carboxylic acids is 2. The van der Waals surface area contributed by atoms with Crippen LogP contribution >= 0.6 is 11.8 Å². The van der Waals surface area contributed by atoms with Crippen LogP contribution in [0.15, 0.2) is 59.5 Å². The van der Waals surface area contributed by atoms with Crippen molar-refractivity contribution in [3.63, 3.8) is 0 Å². The van der Waals surface area contributed by atoms with E-state index in [1.54, 1.807) is 36.0 Å². The molecule has 0 atom stereocenters. The highest BCUT2D eigenvalue weighted by Crippen LogP contribution is 2.16. The Bertz CT molecular complexity index is 643. The molecule has 22 heavy (non-hydrogen) atoms. The first-order chi connectivity index (χ1) is 10.7. The topological polar surface area (TPSA) is 55.4 Å². The summed E-state index contributed by atoms with van der Waals surface area (Å²) in [7, 11) is 1.30. The van der Waals surface area contributed by atoms with Gasteiger partial charge in [0.1, 0.15) is 0 Å². The van der Waals surface area contributed by atoms with Crippen LogP contribution in [0.2, 0.25) is 0 Å². The Morgan fingerprint density at radius 1 is 1.00 bits per heavy atom. The average molecular weight is 315 g/mol. The fourth-order valence-electron chi connectivity index (χ4n) is 1.91. The number of thioether (sulfide) groups is 1. The number of amides is 1. The summed E-state index contributed by atoms with van der Waals surface area (Å²) in [6, 6.07) is 16.6. The summed E-state index contributed by atoms with van der Waals surface area (Å²) in [4.78, 5) is 25.0. The van der Waals surface area contributed by atoms with E-state index in [4.69, 9.17) is 0 Å². The van der Waals surface area contributed by atoms with Crippen molar-refractivity contribution in [1.29, 1.82) is 0 Å². The smallest absolute Gasteiger partial charge is 0.338 e. The van der Waals surface area contributed by atoms with Crippen molar-refractivity contribution in [2.75, 3.05) is 19.4 Å². The number of hydrogen-bond donors (Lipinski definition) is 1. The van der Waals surface area contributed by atoms with Crippen LogP contribution in [0.25, 0.3) is 0 Å². The van der Waals surface area contributed by atoms with E-state index in [0.717, 1.165) is 10.6 Å². The fourth-order valence-corrected chi connectivity index (χ4v) is 2.70. The third-order valence-electron chi connectivity index (χ3n) is 2.98. The van der Waals surface area contributed by atoms with Gasteiger partial charge in [-0.25, -0.2) is 4.79 Å². The van der Waals surface area contributed by atoms with Crippen LogP contribution in [-0.4, -0.2) is 31.3 Å². The summed E-state index contributed by atoms with van der Waals surface area (Å²) in [6.07, 6.45) is 0. The van der Waals surface area contributed by atoms with Crippen molar-refractivity contribution in [1.82, 2.24) is 5.32 Å². The first-order valence-corrected chi connectivity index (χ1v) is 7.84. The van der Waals surface area contributed by atoms with Crippen molar-refractivity contribution in [3.05, 3.63) is 65.7 Å². The van der Waals surface area contributed by atoms with Gasteiger partial charge < -0.3 is 10.1 Å². The fraction of sp³-hybridized carbons (Fsp3) is 0.176. The molecule has 0 aliphatic heterocycles. The lowest BCUT2D eigenvalue weighted by molar-refractivity contribution is 0.0596. The Morgan fingerprint density at radius 2 is 1.64 bits per heavy atom. The van der Waals surface area contributed by atoms with Gasteiger partial charge in [0.05, 0.1) is 18.2 Å². The zero-order chi connectivity index (χ0) is 15.8. The zero-order valence-corrected chi connectivity index (χ0v) is 13.1. The molecule has 114 valence electrons. The van der Waals surface area contributed by atoms with E-state index in [1.807, 2.05) is 30.3 Å². The first-order valence-electron chi connectivity index (χ1n) is 6.86. The highest BCUT2D eigenvalue weighted by molar-refractivity contribution is 7.99. The van der Waals surface area contributed by atoms with Gasteiger partial charge in [-0.1, -0.05) is 30.3 Å². The number of esters is 1. The van der Waals surface area contributed by atoms with Crippen molar-refractivity contribution in [3.8, 4) is 0 Å². The van der Waals surface area contributed by atoms with Gasteiger partial charge in [0, 0.05) is 17.2 Å². The molecule has 0 bridgehead atoms. The largest absolute Gasteiger partial charge is 0.465 e.